The van der Waals surface area contributed by atoms with Gasteiger partial charge in [0.25, 0.3) is 0 Å². The molecule has 0 saturated heterocycles. The zero-order chi connectivity index (χ0) is 13.9. The molecule has 1 aromatic heterocycles. The first-order chi connectivity index (χ1) is 8.96. The molecule has 0 atom stereocenters. The van der Waals surface area contributed by atoms with E-state index in [1.54, 1.807) is 0 Å². The minimum atomic E-state index is 0.0594. The molecule has 0 aliphatic heterocycles. The molecule has 0 unspecified atom stereocenters. The van der Waals surface area contributed by atoms with Gasteiger partial charge in [0.1, 0.15) is 0 Å². The van der Waals surface area contributed by atoms with Gasteiger partial charge in [-0.05, 0) is 33.6 Å². The molecule has 0 amide bonds. The Morgan fingerprint density at radius 2 is 1.89 bits per heavy atom. The van der Waals surface area contributed by atoms with Gasteiger partial charge in [0.15, 0.2) is 0 Å². The van der Waals surface area contributed by atoms with E-state index in [1.165, 1.54) is 32.1 Å². The number of hydrogen-bond donors (Lipinski definition) is 1. The maximum atomic E-state index is 5.74. The van der Waals surface area contributed by atoms with Crippen molar-refractivity contribution < 1.29 is 4.42 Å². The highest BCUT2D eigenvalue weighted by Gasteiger charge is 2.22. The number of hydrogen-bond acceptors (Lipinski definition) is 5. The quantitative estimate of drug-likeness (QED) is 0.908. The zero-order valence-corrected chi connectivity index (χ0v) is 12.6. The fraction of sp³-hybridized carbons (Fsp3) is 0.857. The van der Waals surface area contributed by atoms with Gasteiger partial charge in [0.2, 0.25) is 5.89 Å². The van der Waals surface area contributed by atoms with E-state index in [9.17, 15) is 0 Å². The van der Waals surface area contributed by atoms with Gasteiger partial charge >= 0.3 is 6.01 Å². The summed E-state index contributed by atoms with van der Waals surface area (Å²) in [6.07, 6.45) is 6.43. The summed E-state index contributed by atoms with van der Waals surface area (Å²) in [4.78, 5) is 2.15. The number of aromatic nitrogens is 2. The highest BCUT2D eigenvalue weighted by Crippen LogP contribution is 2.25. The third kappa shape index (κ3) is 4.20. The fourth-order valence-electron chi connectivity index (χ4n) is 2.42. The van der Waals surface area contributed by atoms with Crippen LogP contribution in [0.1, 0.15) is 58.8 Å². The molecule has 5 heteroatoms. The Kier molecular flexibility index (Phi) is 4.45. The maximum absolute atomic E-state index is 5.74. The number of nitrogens with zero attached hydrogens (tertiary/aromatic N) is 3. The van der Waals surface area contributed by atoms with E-state index in [0.717, 1.165) is 0 Å². The van der Waals surface area contributed by atoms with Crippen LogP contribution in [0.3, 0.4) is 0 Å². The third-order valence-electron chi connectivity index (χ3n) is 3.65. The standard InChI is InChI=1S/C14H26N4O/c1-14(2,3)15-10-12-16-17-13(19-12)18(4)11-8-6-5-7-9-11/h11,15H,5-10H2,1-4H3. The van der Waals surface area contributed by atoms with Crippen LogP contribution in [-0.4, -0.2) is 28.8 Å². The highest BCUT2D eigenvalue weighted by atomic mass is 16.4. The van der Waals surface area contributed by atoms with Crippen molar-refractivity contribution in [2.24, 2.45) is 0 Å². The fourth-order valence-corrected chi connectivity index (χ4v) is 2.42. The summed E-state index contributed by atoms with van der Waals surface area (Å²) >= 11 is 0. The molecular formula is C14H26N4O. The van der Waals surface area contributed by atoms with Gasteiger partial charge in [-0.25, -0.2) is 0 Å². The van der Waals surface area contributed by atoms with Crippen LogP contribution in [0, 0.1) is 0 Å². The van der Waals surface area contributed by atoms with Crippen molar-refractivity contribution in [3.63, 3.8) is 0 Å². The smallest absolute Gasteiger partial charge is 0.318 e. The molecule has 0 bridgehead atoms. The zero-order valence-electron chi connectivity index (χ0n) is 12.6. The van der Waals surface area contributed by atoms with E-state index in [-0.39, 0.29) is 5.54 Å². The van der Waals surface area contributed by atoms with Crippen LogP contribution >= 0.6 is 0 Å². The summed E-state index contributed by atoms with van der Waals surface area (Å²) in [6, 6.07) is 1.20. The monoisotopic (exact) mass is 266 g/mol. The van der Waals surface area contributed by atoms with Crippen molar-refractivity contribution in [1.82, 2.24) is 15.5 Å². The summed E-state index contributed by atoms with van der Waals surface area (Å²) in [5.74, 6) is 0.660. The Morgan fingerprint density at radius 1 is 1.21 bits per heavy atom. The van der Waals surface area contributed by atoms with Crippen LogP contribution in [-0.2, 0) is 6.54 Å². The molecule has 1 saturated carbocycles. The van der Waals surface area contributed by atoms with E-state index in [0.29, 0.717) is 24.5 Å². The van der Waals surface area contributed by atoms with Crippen molar-refractivity contribution in [2.75, 3.05) is 11.9 Å². The Hall–Kier alpha value is -1.10. The molecule has 1 aliphatic carbocycles. The summed E-state index contributed by atoms with van der Waals surface area (Å²) in [7, 11) is 2.06. The lowest BCUT2D eigenvalue weighted by molar-refractivity contribution is 0.370. The number of anilines is 1. The predicted octanol–water partition coefficient (Wildman–Crippen LogP) is 2.73. The van der Waals surface area contributed by atoms with Crippen LogP contribution in [0.15, 0.2) is 4.42 Å². The first-order valence-corrected chi connectivity index (χ1v) is 7.26. The van der Waals surface area contributed by atoms with Crippen LogP contribution in [0.25, 0.3) is 0 Å². The number of rotatable bonds is 4. The average molecular weight is 266 g/mol. The molecule has 108 valence electrons. The SMILES string of the molecule is CN(c1nnc(CNC(C)(C)C)o1)C1CCCCC1. The van der Waals surface area contributed by atoms with Gasteiger partial charge in [-0.15, -0.1) is 5.10 Å². The maximum Gasteiger partial charge on any atom is 0.318 e. The second-order valence-electron chi connectivity index (χ2n) is 6.48. The highest BCUT2D eigenvalue weighted by molar-refractivity contribution is 5.24. The first kappa shape index (κ1) is 14.3. The van der Waals surface area contributed by atoms with E-state index < -0.39 is 0 Å². The summed E-state index contributed by atoms with van der Waals surface area (Å²) in [5, 5.41) is 11.6. The van der Waals surface area contributed by atoms with Crippen LogP contribution < -0.4 is 10.2 Å². The van der Waals surface area contributed by atoms with Gasteiger partial charge in [-0.2, -0.15) is 0 Å². The molecular weight excluding hydrogens is 240 g/mol. The van der Waals surface area contributed by atoms with Crippen molar-refractivity contribution in [3.05, 3.63) is 5.89 Å². The van der Waals surface area contributed by atoms with Crippen molar-refractivity contribution in [2.45, 2.75) is 71.0 Å². The second-order valence-corrected chi connectivity index (χ2v) is 6.48. The summed E-state index contributed by atoms with van der Waals surface area (Å²) in [6.45, 7) is 6.99. The van der Waals surface area contributed by atoms with Crippen LogP contribution in [0.4, 0.5) is 6.01 Å². The summed E-state index contributed by atoms with van der Waals surface area (Å²) in [5.41, 5.74) is 0.0594. The molecule has 19 heavy (non-hydrogen) atoms. The minimum Gasteiger partial charge on any atom is -0.407 e. The molecule has 2 rings (SSSR count). The second kappa shape index (κ2) is 5.90. The lowest BCUT2D eigenvalue weighted by Crippen LogP contribution is -2.35. The topological polar surface area (TPSA) is 54.2 Å². The third-order valence-corrected chi connectivity index (χ3v) is 3.65. The Morgan fingerprint density at radius 3 is 2.53 bits per heavy atom. The van der Waals surface area contributed by atoms with Gasteiger partial charge in [-0.1, -0.05) is 24.4 Å². The molecule has 1 fully saturated rings. The predicted molar refractivity (Wildman–Crippen MR) is 76.2 cm³/mol. The molecule has 0 radical (unpaired) electrons. The number of nitrogens with one attached hydrogen (secondary N) is 1. The minimum absolute atomic E-state index is 0.0594. The molecule has 0 spiro atoms. The largest absolute Gasteiger partial charge is 0.407 e. The van der Waals surface area contributed by atoms with E-state index in [1.807, 2.05) is 0 Å². The summed E-state index contributed by atoms with van der Waals surface area (Å²) < 4.78 is 5.74. The molecule has 1 aliphatic rings. The van der Waals surface area contributed by atoms with Gasteiger partial charge in [0, 0.05) is 18.6 Å². The lowest BCUT2D eigenvalue weighted by atomic mass is 9.95. The van der Waals surface area contributed by atoms with Crippen LogP contribution in [0.2, 0.25) is 0 Å². The van der Waals surface area contributed by atoms with Gasteiger partial charge < -0.3 is 14.6 Å². The first-order valence-electron chi connectivity index (χ1n) is 7.26. The normalized spacial score (nSPS) is 17.7. The average Bonchev–Trinajstić information content (AvgIpc) is 2.84. The Balaban J connectivity index is 1.92. The Bertz CT molecular complexity index is 390. The van der Waals surface area contributed by atoms with Crippen molar-refractivity contribution >= 4 is 6.01 Å². The van der Waals surface area contributed by atoms with E-state index >= 15 is 0 Å². The van der Waals surface area contributed by atoms with Crippen LogP contribution in [0.5, 0.6) is 0 Å². The van der Waals surface area contributed by atoms with Gasteiger partial charge in [-0.3, -0.25) is 0 Å². The van der Waals surface area contributed by atoms with E-state index in [4.69, 9.17) is 4.42 Å². The van der Waals surface area contributed by atoms with Gasteiger partial charge in [0.05, 0.1) is 6.54 Å². The molecule has 1 heterocycles. The van der Waals surface area contributed by atoms with E-state index in [2.05, 4.69) is 48.2 Å². The van der Waals surface area contributed by atoms with Crippen molar-refractivity contribution in [1.29, 1.82) is 0 Å². The molecule has 1 aromatic rings. The molecule has 5 nitrogen and oxygen atoms in total. The van der Waals surface area contributed by atoms with Crippen molar-refractivity contribution in [3.8, 4) is 0 Å². The lowest BCUT2D eigenvalue weighted by Gasteiger charge is -2.29. The Labute approximate surface area is 115 Å². The molecule has 0 aromatic carbocycles. The molecule has 1 N–H and O–H groups in total.